The lowest BCUT2D eigenvalue weighted by Crippen LogP contribution is -2.37. The molecule has 0 radical (unpaired) electrons. The summed E-state index contributed by atoms with van der Waals surface area (Å²) in [5.74, 6) is 0.946. The molecular formula is C52H54N2SSi. The van der Waals surface area contributed by atoms with Crippen molar-refractivity contribution in [1.82, 2.24) is 0 Å². The van der Waals surface area contributed by atoms with Crippen LogP contribution < -0.4 is 15.0 Å². The third kappa shape index (κ3) is 7.21. The smallest absolute Gasteiger partial charge is 0.0775 e. The average molecular weight is 767 g/mol. The predicted octanol–water partition coefficient (Wildman–Crippen LogP) is 15.8. The van der Waals surface area contributed by atoms with Gasteiger partial charge in [0.05, 0.1) is 19.4 Å². The van der Waals surface area contributed by atoms with Crippen LogP contribution in [0.2, 0.25) is 19.6 Å². The van der Waals surface area contributed by atoms with E-state index in [1.165, 1.54) is 76.3 Å². The summed E-state index contributed by atoms with van der Waals surface area (Å²) < 4.78 is 0. The normalized spacial score (nSPS) is 12.2. The highest BCUT2D eigenvalue weighted by Gasteiger charge is 2.23. The summed E-state index contributed by atoms with van der Waals surface area (Å²) in [6, 6.07) is 55.4. The summed E-state index contributed by atoms with van der Waals surface area (Å²) in [5, 5.41) is 9.62. The Bertz CT molecular complexity index is 2600. The van der Waals surface area contributed by atoms with Crippen LogP contribution in [0.5, 0.6) is 0 Å². The van der Waals surface area contributed by atoms with Crippen LogP contribution >= 0.6 is 11.8 Å². The topological polar surface area (TPSA) is 6.48 Å². The Labute approximate surface area is 339 Å². The molecule has 0 unspecified atom stereocenters. The molecule has 8 rings (SSSR count). The number of rotatable bonds is 11. The summed E-state index contributed by atoms with van der Waals surface area (Å²) in [7, 11) is -1.46. The molecule has 0 bridgehead atoms. The predicted molar refractivity (Wildman–Crippen MR) is 252 cm³/mol. The molecule has 0 aliphatic heterocycles. The second kappa shape index (κ2) is 15.1. The van der Waals surface area contributed by atoms with Crippen LogP contribution in [-0.2, 0) is 0 Å². The summed E-state index contributed by atoms with van der Waals surface area (Å²) >= 11 is 1.91. The molecular weight excluding hydrogens is 713 g/mol. The van der Waals surface area contributed by atoms with Gasteiger partial charge < -0.3 is 9.80 Å². The molecule has 0 aliphatic rings. The molecule has 0 spiro atoms. The van der Waals surface area contributed by atoms with E-state index in [1.807, 2.05) is 11.8 Å². The Hall–Kier alpha value is -5.03. The zero-order chi connectivity index (χ0) is 39.3. The van der Waals surface area contributed by atoms with E-state index in [0.717, 1.165) is 11.4 Å². The van der Waals surface area contributed by atoms with E-state index in [2.05, 4.69) is 217 Å². The maximum Gasteiger partial charge on any atom is 0.0775 e. The molecule has 8 aromatic carbocycles. The van der Waals surface area contributed by atoms with Crippen molar-refractivity contribution in [1.29, 1.82) is 0 Å². The second-order valence-electron chi connectivity index (χ2n) is 17.2. The number of hydrogen-bond donors (Lipinski definition) is 0. The van der Waals surface area contributed by atoms with E-state index < -0.39 is 8.07 Å². The molecule has 0 aromatic heterocycles. The van der Waals surface area contributed by atoms with E-state index in [0.29, 0.717) is 17.1 Å². The van der Waals surface area contributed by atoms with Crippen LogP contribution in [0.1, 0.15) is 64.5 Å². The molecule has 0 N–H and O–H groups in total. The van der Waals surface area contributed by atoms with Gasteiger partial charge in [0.1, 0.15) is 0 Å². The van der Waals surface area contributed by atoms with E-state index in [9.17, 15) is 0 Å². The quantitative estimate of drug-likeness (QED) is 0.0735. The van der Waals surface area contributed by atoms with Crippen molar-refractivity contribution >= 4 is 91.5 Å². The maximum atomic E-state index is 2.46. The Morgan fingerprint density at radius 1 is 0.411 bits per heavy atom. The molecule has 4 heteroatoms. The lowest BCUT2D eigenvalue weighted by Gasteiger charge is -2.30. The van der Waals surface area contributed by atoms with Gasteiger partial charge in [-0.1, -0.05) is 139 Å². The fraction of sp³-hybridized carbons (Fsp3) is 0.231. The minimum Gasteiger partial charge on any atom is -0.310 e. The Balaban J connectivity index is 1.34. The number of hydrogen-bond acceptors (Lipinski definition) is 3. The van der Waals surface area contributed by atoms with Crippen molar-refractivity contribution in [2.75, 3.05) is 9.80 Å². The molecule has 0 aliphatic carbocycles. The Kier molecular flexibility index (Phi) is 10.2. The van der Waals surface area contributed by atoms with Crippen LogP contribution in [0.3, 0.4) is 0 Å². The number of anilines is 6. The molecule has 0 saturated carbocycles. The van der Waals surface area contributed by atoms with Crippen molar-refractivity contribution < 1.29 is 0 Å². The fourth-order valence-corrected chi connectivity index (χ4v) is 10.1. The van der Waals surface area contributed by atoms with Crippen molar-refractivity contribution in [2.45, 2.75) is 83.2 Å². The first-order valence-electron chi connectivity index (χ1n) is 20.3. The van der Waals surface area contributed by atoms with Crippen LogP contribution in [-0.4, -0.2) is 13.3 Å². The number of nitrogens with zero attached hydrogens (tertiary/aromatic N) is 2. The minimum absolute atomic E-state index is 0.472. The lowest BCUT2D eigenvalue weighted by molar-refractivity contribution is 0.866. The van der Waals surface area contributed by atoms with Crippen LogP contribution in [0.4, 0.5) is 34.1 Å². The van der Waals surface area contributed by atoms with Gasteiger partial charge in [-0.3, -0.25) is 0 Å². The van der Waals surface area contributed by atoms with Crippen LogP contribution in [0, 0.1) is 0 Å². The largest absolute Gasteiger partial charge is 0.310 e. The molecule has 0 heterocycles. The van der Waals surface area contributed by atoms with E-state index in [1.54, 1.807) is 0 Å². The number of benzene rings is 8. The molecule has 56 heavy (non-hydrogen) atoms. The van der Waals surface area contributed by atoms with Crippen molar-refractivity contribution in [3.63, 3.8) is 0 Å². The molecule has 2 nitrogen and oxygen atoms in total. The van der Waals surface area contributed by atoms with Gasteiger partial charge >= 0.3 is 0 Å². The Morgan fingerprint density at radius 2 is 0.768 bits per heavy atom. The summed E-state index contributed by atoms with van der Waals surface area (Å²) in [6.45, 7) is 20.8. The van der Waals surface area contributed by atoms with E-state index in [4.69, 9.17) is 0 Å². The highest BCUT2D eigenvalue weighted by Crippen LogP contribution is 2.47. The highest BCUT2D eigenvalue weighted by molar-refractivity contribution is 7.99. The van der Waals surface area contributed by atoms with Crippen molar-refractivity contribution in [3.8, 4) is 0 Å². The fourth-order valence-electron chi connectivity index (χ4n) is 8.09. The first-order valence-corrected chi connectivity index (χ1v) is 24.6. The van der Waals surface area contributed by atoms with Gasteiger partial charge in [0, 0.05) is 43.7 Å². The lowest BCUT2D eigenvalue weighted by atomic mass is 9.91. The van der Waals surface area contributed by atoms with Gasteiger partial charge in [0.15, 0.2) is 0 Å². The third-order valence-corrected chi connectivity index (χ3v) is 14.3. The molecule has 282 valence electrons. The van der Waals surface area contributed by atoms with Gasteiger partial charge in [-0.2, -0.15) is 0 Å². The third-order valence-electron chi connectivity index (χ3n) is 11.2. The zero-order valence-electron chi connectivity index (χ0n) is 34.4. The standard InChI is InChI=1S/C52H54N2SSi/c1-34(2)37-10-18-41(19-11-37)53(43-22-26-45(27-23-43)55-36(5)6)49-32-16-39-15-31-48-50(33-17-40-14-30-47(49)51(39)52(40)48)54(42-20-12-38(13-21-42)35(3)4)44-24-28-46(29-25-44)56(7,8)9/h10-36H,1-9H3. The first-order chi connectivity index (χ1) is 26.9. The van der Waals surface area contributed by atoms with Gasteiger partial charge in [-0.15, -0.1) is 11.8 Å². The highest BCUT2D eigenvalue weighted by atomic mass is 32.2. The van der Waals surface area contributed by atoms with Gasteiger partial charge in [0.2, 0.25) is 0 Å². The molecule has 0 fully saturated rings. The van der Waals surface area contributed by atoms with Gasteiger partial charge in [-0.05, 0) is 117 Å². The summed E-state index contributed by atoms with van der Waals surface area (Å²) in [6.07, 6.45) is 0. The minimum atomic E-state index is -1.46. The second-order valence-corrected chi connectivity index (χ2v) is 23.9. The van der Waals surface area contributed by atoms with Gasteiger partial charge in [0.25, 0.3) is 0 Å². The Morgan fingerprint density at radius 3 is 1.12 bits per heavy atom. The molecule has 0 saturated heterocycles. The SMILES string of the molecule is CC(C)Sc1ccc(N(c2ccc(C(C)C)cc2)c2ccc3ccc4c(N(c5ccc(C(C)C)cc5)c5ccc([Si](C)(C)C)cc5)ccc5ccc2c3c54)cc1. The monoisotopic (exact) mass is 766 g/mol. The summed E-state index contributed by atoms with van der Waals surface area (Å²) in [5.41, 5.74) is 9.73. The number of thioether (sulfide) groups is 1. The van der Waals surface area contributed by atoms with Crippen molar-refractivity contribution in [2.24, 2.45) is 0 Å². The molecule has 0 amide bonds. The van der Waals surface area contributed by atoms with E-state index in [-0.39, 0.29) is 0 Å². The first kappa shape index (κ1) is 37.9. The average Bonchev–Trinajstić information content (AvgIpc) is 3.18. The zero-order valence-corrected chi connectivity index (χ0v) is 36.2. The summed E-state index contributed by atoms with van der Waals surface area (Å²) in [4.78, 5) is 6.20. The molecule has 0 atom stereocenters. The van der Waals surface area contributed by atoms with Crippen LogP contribution in [0.15, 0.2) is 150 Å². The van der Waals surface area contributed by atoms with Crippen molar-refractivity contribution in [3.05, 3.63) is 157 Å². The van der Waals surface area contributed by atoms with E-state index >= 15 is 0 Å². The molecule has 8 aromatic rings. The van der Waals surface area contributed by atoms with Crippen LogP contribution in [0.25, 0.3) is 32.3 Å². The van der Waals surface area contributed by atoms with Gasteiger partial charge in [-0.25, -0.2) is 0 Å². The maximum absolute atomic E-state index is 2.46.